The average molecular weight is 1060 g/mol. The molecule has 0 saturated carbocycles. The first-order valence-electron chi connectivity index (χ1n) is 27.9. The maximum atomic E-state index is 13.3. The fraction of sp³-hybridized carbons (Fsp3) is 0.836. The highest BCUT2D eigenvalue weighted by molar-refractivity contribution is 5.76. The third-order valence-electron chi connectivity index (χ3n) is 13.8. The summed E-state index contributed by atoms with van der Waals surface area (Å²) in [7, 11) is 0. The van der Waals surface area contributed by atoms with Gasteiger partial charge in [0.05, 0.1) is 38.6 Å². The van der Waals surface area contributed by atoms with Crippen LogP contribution >= 0.6 is 0 Å². The van der Waals surface area contributed by atoms with E-state index in [2.05, 4.69) is 55.6 Å². The normalized spacial score (nSPS) is 31.8. The zero-order chi connectivity index (χ0) is 54.1. The fourth-order valence-corrected chi connectivity index (χ4v) is 9.18. The molecule has 0 spiro atoms. The van der Waals surface area contributed by atoms with Crippen LogP contribution < -0.4 is 5.32 Å². The van der Waals surface area contributed by atoms with E-state index < -0.39 is 124 Å². The summed E-state index contributed by atoms with van der Waals surface area (Å²) in [6, 6.07) is -0.996. The Morgan fingerprint density at radius 1 is 0.486 bits per heavy atom. The lowest BCUT2D eigenvalue weighted by Gasteiger charge is -2.48. The molecular formula is C55H97NO18. The minimum atomic E-state index is -1.98. The molecule has 0 aliphatic carbocycles. The van der Waals surface area contributed by atoms with E-state index in [0.717, 1.165) is 64.2 Å². The Balaban J connectivity index is 1.55. The van der Waals surface area contributed by atoms with Gasteiger partial charge in [-0.3, -0.25) is 4.79 Å². The summed E-state index contributed by atoms with van der Waals surface area (Å²) in [6.45, 7) is 1.63. The molecule has 17 unspecified atom stereocenters. The van der Waals surface area contributed by atoms with E-state index in [-0.39, 0.29) is 18.9 Å². The van der Waals surface area contributed by atoms with Crippen LogP contribution in [0.15, 0.2) is 48.6 Å². The van der Waals surface area contributed by atoms with Crippen LogP contribution in [-0.2, 0) is 33.2 Å². The van der Waals surface area contributed by atoms with Gasteiger partial charge in [0.15, 0.2) is 18.9 Å². The highest BCUT2D eigenvalue weighted by atomic mass is 16.8. The van der Waals surface area contributed by atoms with Crippen molar-refractivity contribution in [1.82, 2.24) is 5.32 Å². The summed E-state index contributed by atoms with van der Waals surface area (Å²) in [4.78, 5) is 13.3. The Hall–Kier alpha value is -2.25. The van der Waals surface area contributed by atoms with Crippen molar-refractivity contribution in [3.8, 4) is 0 Å². The smallest absolute Gasteiger partial charge is 0.220 e. The number of amides is 1. The van der Waals surface area contributed by atoms with Crippen LogP contribution in [0.25, 0.3) is 0 Å². The van der Waals surface area contributed by atoms with Gasteiger partial charge in [0, 0.05) is 6.42 Å². The number of unbranched alkanes of at least 4 members (excludes halogenated alkanes) is 17. The number of rotatable bonds is 39. The summed E-state index contributed by atoms with van der Waals surface area (Å²) < 4.78 is 34.1. The van der Waals surface area contributed by atoms with Crippen molar-refractivity contribution in [1.29, 1.82) is 0 Å². The van der Waals surface area contributed by atoms with E-state index in [0.29, 0.717) is 12.8 Å². The Morgan fingerprint density at radius 2 is 0.905 bits per heavy atom. The third-order valence-corrected chi connectivity index (χ3v) is 13.8. The number of nitrogens with one attached hydrogen (secondary N) is 1. The van der Waals surface area contributed by atoms with Crippen molar-refractivity contribution in [2.75, 3.05) is 26.4 Å². The largest absolute Gasteiger partial charge is 0.394 e. The molecular weight excluding hydrogens is 963 g/mol. The summed E-state index contributed by atoms with van der Waals surface area (Å²) in [5.41, 5.74) is 0. The summed E-state index contributed by atoms with van der Waals surface area (Å²) >= 11 is 0. The summed E-state index contributed by atoms with van der Waals surface area (Å²) in [5.74, 6) is -0.303. The minimum absolute atomic E-state index is 0.218. The standard InChI is InChI=1S/C55H97NO18/c1-3-5-7-9-11-13-15-17-18-19-21-23-25-27-29-31-33-43(61)56-38(39(60)32-30-28-26-24-22-20-16-14-12-10-8-6-4-2)37-69-53-49(67)46(64)51(41(35-58)71-53)74-55-50(68)47(65)52(42(36-59)72-55)73-54-48(66)45(63)44(62)40(34-57)70-54/h13,15,18-19,22,24,30,32,38-42,44-55,57-60,62-68H,3-12,14,16-17,20-21,23,25-29,31,33-37H2,1-2H3,(H,56,61)/b15-13-,19-18-,24-22+,32-30+. The molecule has 12 N–H and O–H groups in total. The van der Waals surface area contributed by atoms with Gasteiger partial charge < -0.3 is 89.9 Å². The van der Waals surface area contributed by atoms with Gasteiger partial charge in [0.25, 0.3) is 0 Å². The Labute approximate surface area is 440 Å². The lowest BCUT2D eigenvalue weighted by molar-refractivity contribution is -0.379. The van der Waals surface area contributed by atoms with Gasteiger partial charge in [-0.05, 0) is 64.2 Å². The molecule has 0 aromatic heterocycles. The molecule has 1 amide bonds. The van der Waals surface area contributed by atoms with Crippen LogP contribution in [0.3, 0.4) is 0 Å². The Morgan fingerprint density at radius 3 is 1.45 bits per heavy atom. The Kier molecular flexibility index (Phi) is 34.9. The molecule has 19 heteroatoms. The molecule has 0 bridgehead atoms. The maximum absolute atomic E-state index is 13.3. The predicted octanol–water partition coefficient (Wildman–Crippen LogP) is 3.53. The van der Waals surface area contributed by atoms with E-state index >= 15 is 0 Å². The number of hydrogen-bond acceptors (Lipinski definition) is 18. The highest BCUT2D eigenvalue weighted by Gasteiger charge is 2.53. The van der Waals surface area contributed by atoms with Crippen LogP contribution in [0.5, 0.6) is 0 Å². The minimum Gasteiger partial charge on any atom is -0.394 e. The second-order valence-electron chi connectivity index (χ2n) is 20.0. The van der Waals surface area contributed by atoms with Crippen molar-refractivity contribution < 1.29 is 89.4 Å². The number of carbonyl (C=O) groups excluding carboxylic acids is 1. The van der Waals surface area contributed by atoms with Crippen LogP contribution in [-0.4, -0.2) is 193 Å². The molecule has 17 atom stereocenters. The van der Waals surface area contributed by atoms with Crippen LogP contribution in [0.2, 0.25) is 0 Å². The second-order valence-corrected chi connectivity index (χ2v) is 20.0. The number of ether oxygens (including phenoxy) is 6. The van der Waals surface area contributed by atoms with E-state index in [1.165, 1.54) is 64.2 Å². The quantitative estimate of drug-likeness (QED) is 0.0310. The van der Waals surface area contributed by atoms with Crippen LogP contribution in [0.1, 0.15) is 162 Å². The van der Waals surface area contributed by atoms with Gasteiger partial charge in [-0.15, -0.1) is 0 Å². The zero-order valence-electron chi connectivity index (χ0n) is 44.3. The van der Waals surface area contributed by atoms with Crippen molar-refractivity contribution in [3.05, 3.63) is 48.6 Å². The molecule has 0 aromatic carbocycles. The molecule has 3 aliphatic rings. The highest BCUT2D eigenvalue weighted by Crippen LogP contribution is 2.33. The van der Waals surface area contributed by atoms with E-state index in [1.807, 2.05) is 6.08 Å². The molecule has 430 valence electrons. The molecule has 74 heavy (non-hydrogen) atoms. The van der Waals surface area contributed by atoms with E-state index in [9.17, 15) is 61.0 Å². The van der Waals surface area contributed by atoms with E-state index in [4.69, 9.17) is 28.4 Å². The van der Waals surface area contributed by atoms with Gasteiger partial charge in [-0.2, -0.15) is 0 Å². The topological polar surface area (TPSA) is 307 Å². The molecule has 3 rings (SSSR count). The SMILES string of the molecule is CCCCCC/C=C\C/C=C\CCCCCCCC(=O)NC(COC1OC(CO)C(OC2OC(CO)C(OC3OC(CO)C(O)C(O)C3O)C(O)C2O)C(O)C1O)C(O)/C=C/CC/C=C/CCCCCCCCC. The lowest BCUT2D eigenvalue weighted by Crippen LogP contribution is -2.66. The first-order valence-corrected chi connectivity index (χ1v) is 27.9. The van der Waals surface area contributed by atoms with Gasteiger partial charge in [-0.1, -0.05) is 140 Å². The van der Waals surface area contributed by atoms with Crippen molar-refractivity contribution in [2.24, 2.45) is 0 Å². The number of allylic oxidation sites excluding steroid dienone is 7. The van der Waals surface area contributed by atoms with Gasteiger partial charge >= 0.3 is 0 Å². The lowest BCUT2D eigenvalue weighted by atomic mass is 9.96. The fourth-order valence-electron chi connectivity index (χ4n) is 9.18. The Bertz CT molecular complexity index is 1550. The maximum Gasteiger partial charge on any atom is 0.220 e. The average Bonchev–Trinajstić information content (AvgIpc) is 3.40. The van der Waals surface area contributed by atoms with Crippen LogP contribution in [0, 0.1) is 0 Å². The second kappa shape index (κ2) is 39.2. The summed E-state index contributed by atoms with van der Waals surface area (Å²) in [6.07, 6.45) is 13.9. The van der Waals surface area contributed by atoms with Gasteiger partial charge in [-0.25, -0.2) is 0 Å². The first kappa shape index (κ1) is 66.0. The number of aliphatic hydroxyl groups is 11. The monoisotopic (exact) mass is 1060 g/mol. The molecule has 3 fully saturated rings. The number of aliphatic hydroxyl groups excluding tert-OH is 11. The molecule has 0 aromatic rings. The van der Waals surface area contributed by atoms with Crippen molar-refractivity contribution >= 4 is 5.91 Å². The van der Waals surface area contributed by atoms with Crippen LogP contribution in [0.4, 0.5) is 0 Å². The molecule has 3 aliphatic heterocycles. The third kappa shape index (κ3) is 23.8. The van der Waals surface area contributed by atoms with Gasteiger partial charge in [0.1, 0.15) is 73.2 Å². The van der Waals surface area contributed by atoms with Gasteiger partial charge in [0.2, 0.25) is 5.91 Å². The van der Waals surface area contributed by atoms with E-state index in [1.54, 1.807) is 6.08 Å². The number of carbonyl (C=O) groups is 1. The molecule has 3 heterocycles. The van der Waals surface area contributed by atoms with Crippen molar-refractivity contribution in [2.45, 2.75) is 266 Å². The van der Waals surface area contributed by atoms with Crippen molar-refractivity contribution in [3.63, 3.8) is 0 Å². The molecule has 3 saturated heterocycles. The summed E-state index contributed by atoms with van der Waals surface area (Å²) in [5, 5.41) is 120. The first-order chi connectivity index (χ1) is 35.8. The number of hydrogen-bond donors (Lipinski definition) is 12. The predicted molar refractivity (Wildman–Crippen MR) is 277 cm³/mol. The molecule has 19 nitrogen and oxygen atoms in total. The molecule has 0 radical (unpaired) electrons. The zero-order valence-corrected chi connectivity index (χ0v) is 44.3.